The Kier molecular flexibility index (Phi) is 3.88. The Morgan fingerprint density at radius 3 is 2.24 bits per heavy atom. The maximum Gasteiger partial charge on any atom is 0.249 e. The normalized spacial score (nSPS) is 34.1. The summed E-state index contributed by atoms with van der Waals surface area (Å²) in [4.78, 5) is 27.6. The second-order valence-corrected chi connectivity index (χ2v) is 8.33. The number of nitrogens with zero attached hydrogens (tertiary/aromatic N) is 1. The number of hydrogen-bond acceptors (Lipinski definition) is 2. The molecule has 2 fully saturated rings. The molecule has 0 bridgehead atoms. The van der Waals surface area contributed by atoms with Crippen molar-refractivity contribution in [3.05, 3.63) is 0 Å². The first-order valence-corrected chi connectivity index (χ1v) is 8.19. The van der Waals surface area contributed by atoms with Crippen LogP contribution in [0.5, 0.6) is 0 Å². The molecule has 4 heteroatoms. The highest BCUT2D eigenvalue weighted by molar-refractivity contribution is 6.02. The van der Waals surface area contributed by atoms with Gasteiger partial charge in [-0.15, -0.1) is 0 Å². The molecule has 0 aromatic rings. The van der Waals surface area contributed by atoms with Crippen LogP contribution in [-0.4, -0.2) is 34.3 Å². The molecule has 2 unspecified atom stereocenters. The number of hydrogen-bond donors (Lipinski definition) is 1. The van der Waals surface area contributed by atoms with Crippen molar-refractivity contribution in [1.29, 1.82) is 0 Å². The number of carbonyl (C=O) groups excluding carboxylic acids is 2. The summed E-state index contributed by atoms with van der Waals surface area (Å²) in [7, 11) is 0. The molecule has 2 amide bonds. The highest BCUT2D eigenvalue weighted by atomic mass is 16.2. The Morgan fingerprint density at radius 2 is 1.81 bits per heavy atom. The van der Waals surface area contributed by atoms with Crippen LogP contribution in [0.25, 0.3) is 0 Å². The lowest BCUT2D eigenvalue weighted by molar-refractivity contribution is -0.163. The Morgan fingerprint density at radius 1 is 1.24 bits per heavy atom. The van der Waals surface area contributed by atoms with Crippen LogP contribution in [0, 0.1) is 11.3 Å². The summed E-state index contributed by atoms with van der Waals surface area (Å²) in [6.07, 6.45) is 3.63. The Bertz CT molecular complexity index is 450. The Labute approximate surface area is 128 Å². The molecule has 2 aliphatic rings. The van der Waals surface area contributed by atoms with E-state index in [-0.39, 0.29) is 17.2 Å². The maximum absolute atomic E-state index is 13.1. The van der Waals surface area contributed by atoms with Crippen LogP contribution in [0.4, 0.5) is 0 Å². The van der Waals surface area contributed by atoms with Crippen LogP contribution in [0.15, 0.2) is 0 Å². The summed E-state index contributed by atoms with van der Waals surface area (Å²) in [6.45, 7) is 13.0. The molecule has 21 heavy (non-hydrogen) atoms. The molecule has 0 spiro atoms. The van der Waals surface area contributed by atoms with Gasteiger partial charge in [0.25, 0.3) is 0 Å². The smallest absolute Gasteiger partial charge is 0.249 e. The summed E-state index contributed by atoms with van der Waals surface area (Å²) in [5.74, 6) is 0.429. The molecule has 0 aromatic carbocycles. The molecule has 0 radical (unpaired) electrons. The zero-order chi connectivity index (χ0) is 16.1. The predicted octanol–water partition coefficient (Wildman–Crippen LogP) is 2.72. The number of rotatable bonds is 4. The lowest BCUT2D eigenvalue weighted by Gasteiger charge is -2.50. The molecule has 2 rings (SSSR count). The van der Waals surface area contributed by atoms with Gasteiger partial charge in [-0.2, -0.15) is 0 Å². The van der Waals surface area contributed by atoms with E-state index in [2.05, 4.69) is 26.1 Å². The molecule has 1 saturated heterocycles. The fourth-order valence-corrected chi connectivity index (χ4v) is 3.14. The fraction of sp³-hybridized carbons (Fsp3) is 0.882. The van der Waals surface area contributed by atoms with Crippen molar-refractivity contribution in [2.45, 2.75) is 78.3 Å². The van der Waals surface area contributed by atoms with Crippen molar-refractivity contribution >= 4 is 11.8 Å². The van der Waals surface area contributed by atoms with Crippen molar-refractivity contribution in [1.82, 2.24) is 10.2 Å². The standard InChI is InChI=1S/C17H30N2O2/c1-7-16(5)13(20)18-17(6,12-8-9-12)14(21)19(16)11-10-15(2,3)4/h12H,7-11H2,1-6H3,(H,18,20). The summed E-state index contributed by atoms with van der Waals surface area (Å²) >= 11 is 0. The van der Waals surface area contributed by atoms with Gasteiger partial charge in [0.05, 0.1) is 0 Å². The number of carbonyl (C=O) groups is 2. The van der Waals surface area contributed by atoms with Gasteiger partial charge in [-0.1, -0.05) is 27.7 Å². The number of nitrogens with one attached hydrogen (secondary N) is 1. The molecule has 2 atom stereocenters. The molecular formula is C17H30N2O2. The third-order valence-corrected chi connectivity index (χ3v) is 5.32. The van der Waals surface area contributed by atoms with Gasteiger partial charge < -0.3 is 10.2 Å². The predicted molar refractivity (Wildman–Crippen MR) is 83.8 cm³/mol. The van der Waals surface area contributed by atoms with E-state index in [4.69, 9.17) is 0 Å². The molecule has 1 aliphatic heterocycles. The second-order valence-electron chi connectivity index (χ2n) is 8.33. The van der Waals surface area contributed by atoms with E-state index in [1.165, 1.54) is 0 Å². The average Bonchev–Trinajstić information content (AvgIpc) is 3.19. The van der Waals surface area contributed by atoms with Crippen molar-refractivity contribution in [2.24, 2.45) is 11.3 Å². The van der Waals surface area contributed by atoms with Gasteiger partial charge in [0, 0.05) is 6.54 Å². The molecule has 1 N–H and O–H groups in total. The van der Waals surface area contributed by atoms with E-state index in [1.807, 2.05) is 25.7 Å². The summed E-state index contributed by atoms with van der Waals surface area (Å²) in [5.41, 5.74) is -1.25. The fourth-order valence-electron chi connectivity index (χ4n) is 3.14. The van der Waals surface area contributed by atoms with E-state index in [0.29, 0.717) is 18.9 Å². The molecule has 1 saturated carbocycles. The lowest BCUT2D eigenvalue weighted by atomic mass is 9.81. The molecule has 120 valence electrons. The van der Waals surface area contributed by atoms with Gasteiger partial charge >= 0.3 is 0 Å². The van der Waals surface area contributed by atoms with Gasteiger partial charge in [0.15, 0.2) is 0 Å². The zero-order valence-corrected chi connectivity index (χ0v) is 14.4. The van der Waals surface area contributed by atoms with Gasteiger partial charge in [-0.05, 0) is 50.9 Å². The second kappa shape index (κ2) is 4.99. The van der Waals surface area contributed by atoms with Crippen LogP contribution >= 0.6 is 0 Å². The van der Waals surface area contributed by atoms with Crippen LogP contribution in [0.1, 0.15) is 67.2 Å². The zero-order valence-electron chi connectivity index (χ0n) is 14.4. The monoisotopic (exact) mass is 294 g/mol. The lowest BCUT2D eigenvalue weighted by Crippen LogP contribution is -2.74. The summed E-state index contributed by atoms with van der Waals surface area (Å²) in [5, 5.41) is 3.04. The van der Waals surface area contributed by atoms with E-state index >= 15 is 0 Å². The van der Waals surface area contributed by atoms with Crippen molar-refractivity contribution in [2.75, 3.05) is 6.54 Å². The van der Waals surface area contributed by atoms with Crippen molar-refractivity contribution < 1.29 is 9.59 Å². The summed E-state index contributed by atoms with van der Waals surface area (Å²) < 4.78 is 0. The number of amides is 2. The molecular weight excluding hydrogens is 264 g/mol. The minimum atomic E-state index is -0.712. The molecule has 0 aromatic heterocycles. The largest absolute Gasteiger partial charge is 0.340 e. The van der Waals surface area contributed by atoms with Crippen molar-refractivity contribution in [3.63, 3.8) is 0 Å². The minimum Gasteiger partial charge on any atom is -0.340 e. The van der Waals surface area contributed by atoms with Gasteiger partial charge in [-0.25, -0.2) is 0 Å². The SMILES string of the molecule is CCC1(C)C(=O)NC(C)(C2CC2)C(=O)N1CCC(C)(C)C. The third kappa shape index (κ3) is 2.82. The van der Waals surface area contributed by atoms with E-state index in [0.717, 1.165) is 19.3 Å². The quantitative estimate of drug-likeness (QED) is 0.866. The van der Waals surface area contributed by atoms with E-state index in [1.54, 1.807) is 0 Å². The van der Waals surface area contributed by atoms with E-state index in [9.17, 15) is 9.59 Å². The van der Waals surface area contributed by atoms with Crippen LogP contribution in [0.2, 0.25) is 0 Å². The van der Waals surface area contributed by atoms with Crippen LogP contribution in [-0.2, 0) is 9.59 Å². The number of piperazine rings is 1. The first-order valence-electron chi connectivity index (χ1n) is 8.19. The Hall–Kier alpha value is -1.06. The molecule has 1 aliphatic carbocycles. The van der Waals surface area contributed by atoms with Gasteiger partial charge in [0.1, 0.15) is 11.1 Å². The molecule has 1 heterocycles. The van der Waals surface area contributed by atoms with Gasteiger partial charge in [0.2, 0.25) is 11.8 Å². The highest BCUT2D eigenvalue weighted by Gasteiger charge is 2.58. The van der Waals surface area contributed by atoms with Crippen LogP contribution in [0.3, 0.4) is 0 Å². The Balaban J connectivity index is 2.29. The van der Waals surface area contributed by atoms with Crippen molar-refractivity contribution in [3.8, 4) is 0 Å². The topological polar surface area (TPSA) is 49.4 Å². The minimum absolute atomic E-state index is 0.00732. The first-order chi connectivity index (χ1) is 9.54. The third-order valence-electron chi connectivity index (χ3n) is 5.32. The van der Waals surface area contributed by atoms with Crippen LogP contribution < -0.4 is 5.32 Å². The summed E-state index contributed by atoms with van der Waals surface area (Å²) in [6, 6.07) is 0. The van der Waals surface area contributed by atoms with E-state index < -0.39 is 11.1 Å². The molecule has 4 nitrogen and oxygen atoms in total. The maximum atomic E-state index is 13.1. The van der Waals surface area contributed by atoms with Gasteiger partial charge in [-0.3, -0.25) is 9.59 Å². The highest BCUT2D eigenvalue weighted by Crippen LogP contribution is 2.44. The first kappa shape index (κ1) is 16.3. The average molecular weight is 294 g/mol.